The van der Waals surface area contributed by atoms with Crippen molar-refractivity contribution in [2.45, 2.75) is 18.9 Å². The number of amides is 1. The highest BCUT2D eigenvalue weighted by atomic mass is 19.1. The molecule has 1 aliphatic rings. The van der Waals surface area contributed by atoms with Gasteiger partial charge in [0, 0.05) is 18.1 Å². The van der Waals surface area contributed by atoms with Crippen LogP contribution in [0.2, 0.25) is 0 Å². The molecule has 0 spiro atoms. The van der Waals surface area contributed by atoms with Gasteiger partial charge in [-0.05, 0) is 31.0 Å². The molecular weight excluding hydrogens is 259 g/mol. The molecular formula is C15H15FN2O2. The Hall–Kier alpha value is -2.01. The molecule has 3 rings (SSSR count). The highest BCUT2D eigenvalue weighted by Crippen LogP contribution is 2.24. The van der Waals surface area contributed by atoms with Gasteiger partial charge in [-0.25, -0.2) is 4.39 Å². The monoisotopic (exact) mass is 274 g/mol. The number of hydrogen-bond donors (Lipinski definition) is 1. The van der Waals surface area contributed by atoms with Crippen LogP contribution >= 0.6 is 0 Å². The van der Waals surface area contributed by atoms with Crippen LogP contribution < -0.4 is 0 Å². The molecule has 0 aliphatic carbocycles. The largest absolute Gasteiger partial charge is 0.394 e. The van der Waals surface area contributed by atoms with Gasteiger partial charge in [0.2, 0.25) is 0 Å². The number of pyridine rings is 1. The summed E-state index contributed by atoms with van der Waals surface area (Å²) in [7, 11) is 0. The normalized spacial score (nSPS) is 18.7. The lowest BCUT2D eigenvalue weighted by molar-refractivity contribution is 0.0679. The second-order valence-corrected chi connectivity index (χ2v) is 5.01. The van der Waals surface area contributed by atoms with Crippen molar-refractivity contribution in [2.24, 2.45) is 0 Å². The zero-order valence-electron chi connectivity index (χ0n) is 10.9. The summed E-state index contributed by atoms with van der Waals surface area (Å²) in [5.74, 6) is -0.710. The maximum absolute atomic E-state index is 13.7. The van der Waals surface area contributed by atoms with Gasteiger partial charge in [-0.1, -0.05) is 6.07 Å². The zero-order chi connectivity index (χ0) is 14.1. The minimum absolute atomic E-state index is 0.0631. The highest BCUT2D eigenvalue weighted by molar-refractivity contribution is 6.05. The van der Waals surface area contributed by atoms with Crippen molar-refractivity contribution in [2.75, 3.05) is 13.2 Å². The highest BCUT2D eigenvalue weighted by Gasteiger charge is 2.30. The summed E-state index contributed by atoms with van der Waals surface area (Å²) < 4.78 is 13.7. The van der Waals surface area contributed by atoms with Crippen molar-refractivity contribution >= 4 is 16.8 Å². The van der Waals surface area contributed by atoms with Crippen LogP contribution in [-0.4, -0.2) is 40.1 Å². The number of hydrogen-bond acceptors (Lipinski definition) is 3. The summed E-state index contributed by atoms with van der Waals surface area (Å²) in [5, 5.41) is 9.92. The predicted octanol–water partition coefficient (Wildman–Crippen LogP) is 1.97. The quantitative estimate of drug-likeness (QED) is 0.911. The molecule has 1 aromatic heterocycles. The summed E-state index contributed by atoms with van der Waals surface area (Å²) in [6.45, 7) is 0.529. The lowest BCUT2D eigenvalue weighted by Gasteiger charge is -2.23. The molecule has 1 amide bonds. The van der Waals surface area contributed by atoms with E-state index in [1.807, 2.05) is 0 Å². The van der Waals surface area contributed by atoms with Crippen molar-refractivity contribution in [3.05, 3.63) is 41.8 Å². The molecule has 2 aromatic rings. The second-order valence-electron chi connectivity index (χ2n) is 5.01. The lowest BCUT2D eigenvalue weighted by atomic mass is 10.1. The molecule has 1 fully saturated rings. The third-order valence-electron chi connectivity index (χ3n) is 3.75. The minimum Gasteiger partial charge on any atom is -0.394 e. The number of aromatic nitrogens is 1. The number of carbonyl (C=O) groups excluding carboxylic acids is 1. The van der Waals surface area contributed by atoms with Gasteiger partial charge in [-0.2, -0.15) is 0 Å². The number of halogens is 1. The summed E-state index contributed by atoms with van der Waals surface area (Å²) in [5.41, 5.74) is 0.767. The van der Waals surface area contributed by atoms with Crippen LogP contribution in [0.25, 0.3) is 10.9 Å². The molecule has 104 valence electrons. The van der Waals surface area contributed by atoms with Crippen molar-refractivity contribution in [1.82, 2.24) is 9.88 Å². The Morgan fingerprint density at radius 3 is 3.15 bits per heavy atom. The number of aliphatic hydroxyl groups is 1. The maximum Gasteiger partial charge on any atom is 0.256 e. The van der Waals surface area contributed by atoms with Gasteiger partial charge in [-0.3, -0.25) is 9.78 Å². The maximum atomic E-state index is 13.7. The van der Waals surface area contributed by atoms with Gasteiger partial charge in [-0.15, -0.1) is 0 Å². The fourth-order valence-corrected chi connectivity index (χ4v) is 2.77. The number of likely N-dealkylation sites (tertiary alicyclic amines) is 1. The average molecular weight is 274 g/mol. The van der Waals surface area contributed by atoms with E-state index in [9.17, 15) is 14.3 Å². The van der Waals surface area contributed by atoms with Crippen LogP contribution in [-0.2, 0) is 0 Å². The molecule has 1 aliphatic heterocycles. The minimum atomic E-state index is -0.450. The summed E-state index contributed by atoms with van der Waals surface area (Å²) in [6.07, 6.45) is 3.23. The number of fused-ring (bicyclic) bond motifs is 1. The van der Waals surface area contributed by atoms with Gasteiger partial charge < -0.3 is 10.0 Å². The topological polar surface area (TPSA) is 53.4 Å². The number of benzene rings is 1. The van der Waals surface area contributed by atoms with Gasteiger partial charge in [0.05, 0.1) is 23.7 Å². The van der Waals surface area contributed by atoms with E-state index < -0.39 is 5.82 Å². The molecule has 2 heterocycles. The van der Waals surface area contributed by atoms with Crippen molar-refractivity contribution in [1.29, 1.82) is 0 Å². The Morgan fingerprint density at radius 2 is 2.35 bits per heavy atom. The fraction of sp³-hybridized carbons (Fsp3) is 0.333. The van der Waals surface area contributed by atoms with E-state index in [4.69, 9.17) is 0 Å². The summed E-state index contributed by atoms with van der Waals surface area (Å²) in [4.78, 5) is 18.4. The molecule has 0 saturated carbocycles. The molecule has 1 N–H and O–H groups in total. The van der Waals surface area contributed by atoms with Crippen LogP contribution in [0.3, 0.4) is 0 Å². The third kappa shape index (κ3) is 2.14. The fourth-order valence-electron chi connectivity index (χ4n) is 2.77. The van der Waals surface area contributed by atoms with E-state index in [-0.39, 0.29) is 24.1 Å². The van der Waals surface area contributed by atoms with E-state index in [1.165, 1.54) is 12.1 Å². The van der Waals surface area contributed by atoms with Gasteiger partial charge in [0.25, 0.3) is 5.91 Å². The van der Waals surface area contributed by atoms with Crippen molar-refractivity contribution in [3.63, 3.8) is 0 Å². The smallest absolute Gasteiger partial charge is 0.256 e. The molecule has 20 heavy (non-hydrogen) atoms. The van der Waals surface area contributed by atoms with E-state index >= 15 is 0 Å². The molecule has 5 heteroatoms. The molecule has 0 bridgehead atoms. The first-order valence-electron chi connectivity index (χ1n) is 6.67. The Balaban J connectivity index is 2.07. The van der Waals surface area contributed by atoms with Gasteiger partial charge >= 0.3 is 0 Å². The van der Waals surface area contributed by atoms with Crippen molar-refractivity contribution < 1.29 is 14.3 Å². The third-order valence-corrected chi connectivity index (χ3v) is 3.75. The van der Waals surface area contributed by atoms with Crippen LogP contribution in [0.5, 0.6) is 0 Å². The molecule has 0 unspecified atom stereocenters. The predicted molar refractivity (Wildman–Crippen MR) is 72.8 cm³/mol. The Morgan fingerprint density at radius 1 is 1.50 bits per heavy atom. The zero-order valence-corrected chi connectivity index (χ0v) is 10.9. The first kappa shape index (κ1) is 13.0. The first-order chi connectivity index (χ1) is 9.70. The van der Waals surface area contributed by atoms with Gasteiger partial charge in [0.15, 0.2) is 0 Å². The summed E-state index contributed by atoms with van der Waals surface area (Å²) >= 11 is 0. The van der Waals surface area contributed by atoms with Gasteiger partial charge in [0.1, 0.15) is 5.82 Å². The summed E-state index contributed by atoms with van der Waals surface area (Å²) in [6, 6.07) is 5.86. The van der Waals surface area contributed by atoms with Crippen molar-refractivity contribution in [3.8, 4) is 0 Å². The number of carbonyl (C=O) groups is 1. The Kier molecular flexibility index (Phi) is 3.36. The Bertz CT molecular complexity index is 659. The SMILES string of the molecule is O=C(c1cc(F)cc2cccnc12)N1CCC[C@H]1CO. The number of nitrogens with zero attached hydrogens (tertiary/aromatic N) is 2. The first-order valence-corrected chi connectivity index (χ1v) is 6.67. The average Bonchev–Trinajstić information content (AvgIpc) is 2.94. The van der Waals surface area contributed by atoms with Crippen LogP contribution in [0.1, 0.15) is 23.2 Å². The molecule has 1 atom stereocenters. The van der Waals surface area contributed by atoms with Crippen LogP contribution in [0, 0.1) is 5.82 Å². The van der Waals surface area contributed by atoms with E-state index in [0.717, 1.165) is 12.8 Å². The second kappa shape index (κ2) is 5.17. The van der Waals surface area contributed by atoms with E-state index in [1.54, 1.807) is 23.2 Å². The van der Waals surface area contributed by atoms with Crippen LogP contribution in [0.4, 0.5) is 4.39 Å². The van der Waals surface area contributed by atoms with Crippen LogP contribution in [0.15, 0.2) is 30.5 Å². The number of rotatable bonds is 2. The molecule has 1 saturated heterocycles. The molecule has 1 aromatic carbocycles. The standard InChI is InChI=1S/C15H15FN2O2/c16-11-7-10-3-1-5-17-14(10)13(8-11)15(20)18-6-2-4-12(18)9-19/h1,3,5,7-8,12,19H,2,4,6,9H2/t12-/m0/s1. The lowest BCUT2D eigenvalue weighted by Crippen LogP contribution is -2.37. The molecule has 4 nitrogen and oxygen atoms in total. The Labute approximate surface area is 115 Å². The number of aliphatic hydroxyl groups excluding tert-OH is 1. The van der Waals surface area contributed by atoms with E-state index in [0.29, 0.717) is 17.4 Å². The van der Waals surface area contributed by atoms with E-state index in [2.05, 4.69) is 4.98 Å². The molecule has 0 radical (unpaired) electrons.